The molecular formula is C21H24N3+. The minimum absolute atomic E-state index is 0.192. The summed E-state index contributed by atoms with van der Waals surface area (Å²) in [5.74, 6) is 0. The number of pyridine rings is 1. The van der Waals surface area contributed by atoms with Crippen LogP contribution in [0.5, 0.6) is 0 Å². The number of rotatable bonds is 5. The minimum atomic E-state index is 0.192. The Morgan fingerprint density at radius 1 is 0.917 bits per heavy atom. The van der Waals surface area contributed by atoms with Gasteiger partial charge >= 0.3 is 0 Å². The quantitative estimate of drug-likeness (QED) is 0.451. The van der Waals surface area contributed by atoms with Crippen LogP contribution >= 0.6 is 0 Å². The van der Waals surface area contributed by atoms with Crippen LogP contribution in [0.1, 0.15) is 24.6 Å². The summed E-state index contributed by atoms with van der Waals surface area (Å²) in [6.45, 7) is 7.30. The van der Waals surface area contributed by atoms with E-state index in [0.717, 1.165) is 18.7 Å². The summed E-state index contributed by atoms with van der Waals surface area (Å²) in [5.41, 5.74) is 4.71. The van der Waals surface area contributed by atoms with E-state index in [1.54, 1.807) is 0 Å². The number of aromatic nitrogens is 1. The van der Waals surface area contributed by atoms with Crippen LogP contribution in [0, 0.1) is 13.8 Å². The molecule has 3 aromatic rings. The van der Waals surface area contributed by atoms with Crippen LogP contribution in [0.4, 0.5) is 5.69 Å². The maximum absolute atomic E-state index is 4.46. The van der Waals surface area contributed by atoms with Gasteiger partial charge in [0.15, 0.2) is 12.2 Å². The minimum Gasteiger partial charge on any atom is -0.196 e. The Morgan fingerprint density at radius 3 is 2.46 bits per heavy atom. The molecular weight excluding hydrogens is 294 g/mol. The predicted octanol–water partition coefficient (Wildman–Crippen LogP) is 5.31. The van der Waals surface area contributed by atoms with Crippen LogP contribution < -0.4 is 4.57 Å². The normalized spacial score (nSPS) is 12.8. The fourth-order valence-corrected chi connectivity index (χ4v) is 2.81. The van der Waals surface area contributed by atoms with Gasteiger partial charge in [-0.05, 0) is 38.1 Å². The van der Waals surface area contributed by atoms with Gasteiger partial charge in [-0.1, -0.05) is 29.8 Å². The summed E-state index contributed by atoms with van der Waals surface area (Å²) in [5, 5.41) is 10.1. The van der Waals surface area contributed by atoms with Crippen LogP contribution in [-0.4, -0.2) is 6.04 Å². The average molecular weight is 318 g/mol. The smallest absolute Gasteiger partial charge is 0.196 e. The Labute approximate surface area is 143 Å². The first kappa shape index (κ1) is 16.3. The third kappa shape index (κ3) is 3.85. The molecule has 0 saturated carbocycles. The van der Waals surface area contributed by atoms with Crippen molar-refractivity contribution in [3.63, 3.8) is 0 Å². The molecule has 1 atom stereocenters. The van der Waals surface area contributed by atoms with Gasteiger partial charge in [-0.2, -0.15) is 14.8 Å². The lowest BCUT2D eigenvalue weighted by Crippen LogP contribution is -2.38. The molecule has 1 unspecified atom stereocenters. The molecule has 0 N–H and O–H groups in total. The third-order valence-electron chi connectivity index (χ3n) is 4.33. The number of fused-ring (bicyclic) bond motifs is 1. The van der Waals surface area contributed by atoms with E-state index in [4.69, 9.17) is 0 Å². The molecule has 0 aliphatic rings. The van der Waals surface area contributed by atoms with E-state index in [2.05, 4.69) is 84.1 Å². The summed E-state index contributed by atoms with van der Waals surface area (Å²) in [6.07, 6.45) is 0.967. The average Bonchev–Trinajstić information content (AvgIpc) is 2.60. The number of aryl methyl sites for hydroxylation is 3. The van der Waals surface area contributed by atoms with Crippen LogP contribution in [-0.2, 0) is 6.54 Å². The number of azo groups is 1. The molecule has 0 amide bonds. The highest BCUT2D eigenvalue weighted by molar-refractivity contribution is 5.75. The Balaban J connectivity index is 1.69. The summed E-state index contributed by atoms with van der Waals surface area (Å²) in [7, 11) is 0. The predicted molar refractivity (Wildman–Crippen MR) is 98.7 cm³/mol. The van der Waals surface area contributed by atoms with E-state index >= 15 is 0 Å². The second-order valence-corrected chi connectivity index (χ2v) is 6.37. The molecule has 0 aliphatic heterocycles. The molecule has 0 radical (unpaired) electrons. The van der Waals surface area contributed by atoms with Crippen molar-refractivity contribution in [1.82, 2.24) is 0 Å². The molecule has 0 bridgehead atoms. The van der Waals surface area contributed by atoms with Crippen molar-refractivity contribution in [1.29, 1.82) is 0 Å². The van der Waals surface area contributed by atoms with Crippen LogP contribution in [0.15, 0.2) is 70.9 Å². The fraction of sp³-hybridized carbons (Fsp3) is 0.286. The SMILES string of the molecule is Cc1ccc(N=NC(C)CC[n+]2c(C)ccc3ccccc32)cc1. The zero-order chi connectivity index (χ0) is 16.9. The molecule has 1 aromatic heterocycles. The number of para-hydroxylation sites is 1. The highest BCUT2D eigenvalue weighted by Crippen LogP contribution is 2.15. The Morgan fingerprint density at radius 2 is 1.67 bits per heavy atom. The van der Waals surface area contributed by atoms with Gasteiger partial charge in [0.25, 0.3) is 0 Å². The van der Waals surface area contributed by atoms with Gasteiger partial charge in [0, 0.05) is 30.9 Å². The Kier molecular flexibility index (Phi) is 4.99. The molecule has 3 nitrogen and oxygen atoms in total. The first-order chi connectivity index (χ1) is 11.6. The topological polar surface area (TPSA) is 28.6 Å². The molecule has 2 aromatic carbocycles. The van der Waals surface area contributed by atoms with Crippen LogP contribution in [0.3, 0.4) is 0 Å². The Bertz CT molecular complexity index is 851. The highest BCUT2D eigenvalue weighted by atomic mass is 15.1. The fourth-order valence-electron chi connectivity index (χ4n) is 2.81. The zero-order valence-electron chi connectivity index (χ0n) is 14.6. The number of hydrogen-bond acceptors (Lipinski definition) is 2. The largest absolute Gasteiger partial charge is 0.212 e. The lowest BCUT2D eigenvalue weighted by atomic mass is 10.1. The van der Waals surface area contributed by atoms with E-state index in [9.17, 15) is 0 Å². The molecule has 3 rings (SSSR count). The summed E-state index contributed by atoms with van der Waals surface area (Å²) < 4.78 is 2.37. The second kappa shape index (κ2) is 7.35. The number of nitrogens with zero attached hydrogens (tertiary/aromatic N) is 3. The molecule has 1 heterocycles. The molecule has 122 valence electrons. The summed E-state index contributed by atoms with van der Waals surface area (Å²) in [6, 6.07) is 21.2. The van der Waals surface area contributed by atoms with Gasteiger partial charge in [0.05, 0.1) is 11.7 Å². The van der Waals surface area contributed by atoms with E-state index in [-0.39, 0.29) is 6.04 Å². The first-order valence-electron chi connectivity index (χ1n) is 8.49. The van der Waals surface area contributed by atoms with Crippen molar-refractivity contribution in [3.8, 4) is 0 Å². The van der Waals surface area contributed by atoms with E-state index in [1.807, 2.05) is 12.1 Å². The lowest BCUT2D eigenvalue weighted by Gasteiger charge is -2.07. The van der Waals surface area contributed by atoms with E-state index in [0.29, 0.717) is 0 Å². The van der Waals surface area contributed by atoms with Crippen molar-refractivity contribution >= 4 is 16.6 Å². The summed E-state index contributed by atoms with van der Waals surface area (Å²) >= 11 is 0. The van der Waals surface area contributed by atoms with Crippen LogP contribution in [0.2, 0.25) is 0 Å². The monoisotopic (exact) mass is 318 g/mol. The standard InChI is InChI=1S/C21H24N3/c1-16-8-12-20(13-9-16)23-22-17(2)14-15-24-18(3)10-11-19-6-4-5-7-21(19)24/h4-13,17H,14-15H2,1-3H3/q+1. The zero-order valence-corrected chi connectivity index (χ0v) is 14.6. The van der Waals surface area contributed by atoms with Gasteiger partial charge in [-0.25, -0.2) is 0 Å². The maximum Gasteiger partial charge on any atom is 0.212 e. The second-order valence-electron chi connectivity index (χ2n) is 6.37. The molecule has 3 heteroatoms. The maximum atomic E-state index is 4.46. The molecule has 0 fully saturated rings. The summed E-state index contributed by atoms with van der Waals surface area (Å²) in [4.78, 5) is 0. The van der Waals surface area contributed by atoms with Crippen molar-refractivity contribution < 1.29 is 4.57 Å². The first-order valence-corrected chi connectivity index (χ1v) is 8.49. The number of hydrogen-bond donors (Lipinski definition) is 0. The van der Waals surface area contributed by atoms with Gasteiger partial charge in [-0.3, -0.25) is 0 Å². The molecule has 0 spiro atoms. The molecule has 24 heavy (non-hydrogen) atoms. The van der Waals surface area contributed by atoms with Gasteiger partial charge in [0.1, 0.15) is 0 Å². The number of benzene rings is 2. The molecule has 0 saturated heterocycles. The van der Waals surface area contributed by atoms with Gasteiger partial charge < -0.3 is 0 Å². The van der Waals surface area contributed by atoms with Gasteiger partial charge in [-0.15, -0.1) is 0 Å². The van der Waals surface area contributed by atoms with Gasteiger partial charge in [0.2, 0.25) is 5.52 Å². The van der Waals surface area contributed by atoms with E-state index in [1.165, 1.54) is 22.2 Å². The van der Waals surface area contributed by atoms with Crippen molar-refractivity contribution in [2.75, 3.05) is 0 Å². The van der Waals surface area contributed by atoms with E-state index < -0.39 is 0 Å². The molecule has 0 aliphatic carbocycles. The van der Waals surface area contributed by atoms with Crippen molar-refractivity contribution in [2.24, 2.45) is 10.2 Å². The highest BCUT2D eigenvalue weighted by Gasteiger charge is 2.13. The van der Waals surface area contributed by atoms with Crippen molar-refractivity contribution in [3.05, 3.63) is 71.9 Å². The Hall–Kier alpha value is -2.55. The third-order valence-corrected chi connectivity index (χ3v) is 4.33. The van der Waals surface area contributed by atoms with Crippen LogP contribution in [0.25, 0.3) is 10.9 Å². The van der Waals surface area contributed by atoms with Crippen molar-refractivity contribution in [2.45, 2.75) is 39.8 Å². The lowest BCUT2D eigenvalue weighted by molar-refractivity contribution is -0.678.